The van der Waals surface area contributed by atoms with Gasteiger partial charge < -0.3 is 16.0 Å². The van der Waals surface area contributed by atoms with Crippen LogP contribution in [0, 0.1) is 33.6 Å². The zero-order valence-corrected chi connectivity index (χ0v) is 15.7. The van der Waals surface area contributed by atoms with Gasteiger partial charge in [-0.05, 0) is 68.0 Å². The standard InChI is InChI=1S/C20H28N4O/c1-13-6-14(2)8-18(7-13)24-20(25)23-10-15(3)9-22-19-16(4)11-21-12-17(19)5/h6-8,11-12,15H,9-10H2,1-5H3,(H,21,22)(H2,23,24,25). The Morgan fingerprint density at radius 3 is 2.20 bits per heavy atom. The van der Waals surface area contributed by atoms with E-state index in [9.17, 15) is 4.79 Å². The number of amides is 2. The molecule has 5 heteroatoms. The van der Waals surface area contributed by atoms with Gasteiger partial charge in [-0.25, -0.2) is 4.79 Å². The summed E-state index contributed by atoms with van der Waals surface area (Å²) in [6, 6.07) is 5.84. The third kappa shape index (κ3) is 5.78. The van der Waals surface area contributed by atoms with E-state index in [4.69, 9.17) is 0 Å². The van der Waals surface area contributed by atoms with Crippen LogP contribution in [0.5, 0.6) is 0 Å². The maximum atomic E-state index is 12.1. The Bertz CT molecular complexity index is 702. The van der Waals surface area contributed by atoms with Crippen LogP contribution in [-0.4, -0.2) is 24.1 Å². The number of benzene rings is 1. The van der Waals surface area contributed by atoms with Gasteiger partial charge in [0.25, 0.3) is 0 Å². The van der Waals surface area contributed by atoms with Gasteiger partial charge in [-0.3, -0.25) is 4.98 Å². The number of aromatic nitrogens is 1. The first-order valence-electron chi connectivity index (χ1n) is 8.63. The molecular weight excluding hydrogens is 312 g/mol. The first-order valence-corrected chi connectivity index (χ1v) is 8.63. The fourth-order valence-electron chi connectivity index (χ4n) is 2.82. The normalized spacial score (nSPS) is 11.7. The monoisotopic (exact) mass is 340 g/mol. The van der Waals surface area contributed by atoms with Crippen molar-refractivity contribution in [3.05, 3.63) is 52.8 Å². The van der Waals surface area contributed by atoms with Crippen LogP contribution >= 0.6 is 0 Å². The molecule has 3 N–H and O–H groups in total. The Kier molecular flexibility index (Phi) is 6.39. The number of carbonyl (C=O) groups excluding carboxylic acids is 1. The maximum Gasteiger partial charge on any atom is 0.319 e. The van der Waals surface area contributed by atoms with E-state index in [1.165, 1.54) is 0 Å². The van der Waals surface area contributed by atoms with Crippen LogP contribution in [0.4, 0.5) is 16.2 Å². The predicted molar refractivity (Wildman–Crippen MR) is 104 cm³/mol. The highest BCUT2D eigenvalue weighted by atomic mass is 16.2. The van der Waals surface area contributed by atoms with E-state index in [2.05, 4.69) is 33.9 Å². The summed E-state index contributed by atoms with van der Waals surface area (Å²) in [4.78, 5) is 16.2. The van der Waals surface area contributed by atoms with E-state index in [0.29, 0.717) is 12.5 Å². The van der Waals surface area contributed by atoms with Crippen LogP contribution in [0.25, 0.3) is 0 Å². The first kappa shape index (κ1) is 18.8. The zero-order chi connectivity index (χ0) is 18.4. The van der Waals surface area contributed by atoms with Crippen molar-refractivity contribution in [3.63, 3.8) is 0 Å². The van der Waals surface area contributed by atoms with Gasteiger partial charge in [-0.1, -0.05) is 13.0 Å². The zero-order valence-electron chi connectivity index (χ0n) is 15.7. The first-order chi connectivity index (χ1) is 11.8. The van der Waals surface area contributed by atoms with Gasteiger partial charge >= 0.3 is 6.03 Å². The summed E-state index contributed by atoms with van der Waals surface area (Å²) in [5.74, 6) is 0.303. The molecule has 0 bridgehead atoms. The van der Waals surface area contributed by atoms with Crippen LogP contribution in [0.3, 0.4) is 0 Å². The lowest BCUT2D eigenvalue weighted by atomic mass is 10.1. The van der Waals surface area contributed by atoms with Gasteiger partial charge in [0.1, 0.15) is 0 Å². The molecule has 1 heterocycles. The minimum atomic E-state index is -0.173. The number of hydrogen-bond acceptors (Lipinski definition) is 3. The van der Waals surface area contributed by atoms with Crippen LogP contribution in [0.15, 0.2) is 30.6 Å². The van der Waals surface area contributed by atoms with Crippen molar-refractivity contribution in [3.8, 4) is 0 Å². The summed E-state index contributed by atoms with van der Waals surface area (Å²) in [6.45, 7) is 11.6. The molecule has 1 unspecified atom stereocenters. The maximum absolute atomic E-state index is 12.1. The molecule has 5 nitrogen and oxygen atoms in total. The Balaban J connectivity index is 1.79. The fourth-order valence-corrected chi connectivity index (χ4v) is 2.82. The molecule has 0 fully saturated rings. The largest absolute Gasteiger partial charge is 0.384 e. The molecule has 2 amide bonds. The quantitative estimate of drug-likeness (QED) is 0.739. The molecule has 0 aliphatic carbocycles. The van der Waals surface area contributed by atoms with Crippen LogP contribution in [-0.2, 0) is 0 Å². The van der Waals surface area contributed by atoms with Crippen molar-refractivity contribution in [1.29, 1.82) is 0 Å². The van der Waals surface area contributed by atoms with E-state index in [1.807, 2.05) is 52.2 Å². The highest BCUT2D eigenvalue weighted by Gasteiger charge is 2.08. The number of rotatable bonds is 6. The van der Waals surface area contributed by atoms with Crippen molar-refractivity contribution in [2.24, 2.45) is 5.92 Å². The second-order valence-corrected chi connectivity index (χ2v) is 6.85. The van der Waals surface area contributed by atoms with E-state index < -0.39 is 0 Å². The van der Waals surface area contributed by atoms with Crippen molar-refractivity contribution in [1.82, 2.24) is 10.3 Å². The number of nitrogens with zero attached hydrogens (tertiary/aromatic N) is 1. The number of anilines is 2. The fraction of sp³-hybridized carbons (Fsp3) is 0.400. The Morgan fingerprint density at radius 1 is 1.00 bits per heavy atom. The number of urea groups is 1. The van der Waals surface area contributed by atoms with Gasteiger partial charge in [0.2, 0.25) is 0 Å². The number of hydrogen-bond donors (Lipinski definition) is 3. The van der Waals surface area contributed by atoms with E-state index in [0.717, 1.165) is 40.2 Å². The topological polar surface area (TPSA) is 66.1 Å². The van der Waals surface area contributed by atoms with Crippen molar-refractivity contribution >= 4 is 17.4 Å². The molecule has 2 aromatic rings. The van der Waals surface area contributed by atoms with Gasteiger partial charge in [0.15, 0.2) is 0 Å². The SMILES string of the molecule is Cc1cc(C)cc(NC(=O)NCC(C)CNc2c(C)cncc2C)c1. The summed E-state index contributed by atoms with van der Waals surface area (Å²) in [7, 11) is 0. The van der Waals surface area contributed by atoms with Gasteiger partial charge in [-0.2, -0.15) is 0 Å². The smallest absolute Gasteiger partial charge is 0.319 e. The third-order valence-corrected chi connectivity index (χ3v) is 4.04. The molecular formula is C20H28N4O. The average Bonchev–Trinajstić information content (AvgIpc) is 2.51. The lowest BCUT2D eigenvalue weighted by Crippen LogP contribution is -2.34. The molecule has 0 aliphatic rings. The highest BCUT2D eigenvalue weighted by molar-refractivity contribution is 5.89. The molecule has 0 radical (unpaired) electrons. The Labute approximate surface area is 150 Å². The second-order valence-electron chi connectivity index (χ2n) is 6.85. The second kappa shape index (κ2) is 8.51. The van der Waals surface area contributed by atoms with Crippen LogP contribution in [0.1, 0.15) is 29.2 Å². The summed E-state index contributed by atoms with van der Waals surface area (Å²) in [5, 5.41) is 9.28. The Morgan fingerprint density at radius 2 is 1.60 bits per heavy atom. The molecule has 0 saturated carbocycles. The van der Waals surface area contributed by atoms with E-state index >= 15 is 0 Å². The summed E-state index contributed by atoms with van der Waals surface area (Å²) < 4.78 is 0. The summed E-state index contributed by atoms with van der Waals surface area (Å²) in [6.07, 6.45) is 3.71. The average molecular weight is 340 g/mol. The summed E-state index contributed by atoms with van der Waals surface area (Å²) in [5.41, 5.74) is 6.48. The van der Waals surface area contributed by atoms with Crippen molar-refractivity contribution in [2.75, 3.05) is 23.7 Å². The van der Waals surface area contributed by atoms with Crippen LogP contribution in [0.2, 0.25) is 0 Å². The van der Waals surface area contributed by atoms with E-state index in [-0.39, 0.29) is 6.03 Å². The minimum Gasteiger partial charge on any atom is -0.384 e. The predicted octanol–water partition coefficient (Wildman–Crippen LogP) is 4.18. The molecule has 1 aromatic carbocycles. The molecule has 1 atom stereocenters. The van der Waals surface area contributed by atoms with Gasteiger partial charge in [-0.15, -0.1) is 0 Å². The molecule has 25 heavy (non-hydrogen) atoms. The van der Waals surface area contributed by atoms with Gasteiger partial charge in [0, 0.05) is 36.9 Å². The number of pyridine rings is 1. The van der Waals surface area contributed by atoms with E-state index in [1.54, 1.807) is 0 Å². The summed E-state index contributed by atoms with van der Waals surface area (Å²) >= 11 is 0. The lowest BCUT2D eigenvalue weighted by Gasteiger charge is -2.17. The Hall–Kier alpha value is -2.56. The van der Waals surface area contributed by atoms with Crippen molar-refractivity contribution < 1.29 is 4.79 Å². The molecule has 134 valence electrons. The molecule has 0 aliphatic heterocycles. The molecule has 0 saturated heterocycles. The van der Waals surface area contributed by atoms with Gasteiger partial charge in [0.05, 0.1) is 0 Å². The number of nitrogens with one attached hydrogen (secondary N) is 3. The number of aryl methyl sites for hydroxylation is 4. The molecule has 2 rings (SSSR count). The molecule has 1 aromatic heterocycles. The van der Waals surface area contributed by atoms with Crippen LogP contribution < -0.4 is 16.0 Å². The van der Waals surface area contributed by atoms with Crippen molar-refractivity contribution in [2.45, 2.75) is 34.6 Å². The third-order valence-electron chi connectivity index (χ3n) is 4.04. The lowest BCUT2D eigenvalue weighted by molar-refractivity contribution is 0.250. The minimum absolute atomic E-state index is 0.173. The number of carbonyl (C=O) groups is 1. The molecule has 0 spiro atoms. The highest BCUT2D eigenvalue weighted by Crippen LogP contribution is 2.18.